The van der Waals surface area contributed by atoms with Gasteiger partial charge in [-0.2, -0.15) is 5.10 Å². The van der Waals surface area contributed by atoms with Gasteiger partial charge >= 0.3 is 0 Å². The summed E-state index contributed by atoms with van der Waals surface area (Å²) in [6.07, 6.45) is 3.80. The average Bonchev–Trinajstić information content (AvgIpc) is 2.64. The van der Waals surface area contributed by atoms with Crippen molar-refractivity contribution in [1.29, 1.82) is 0 Å². The van der Waals surface area contributed by atoms with Crippen molar-refractivity contribution in [1.82, 2.24) is 10.2 Å². The maximum Gasteiger partial charge on any atom is 0.0650 e. The summed E-state index contributed by atoms with van der Waals surface area (Å²) in [4.78, 5) is 0. The SMILES string of the molecule is CCC(N)Cc1ccc2[nH]ncc2c1.Cl. The Bertz CT molecular complexity index is 424. The molecule has 0 saturated heterocycles. The summed E-state index contributed by atoms with van der Waals surface area (Å²) in [6.45, 7) is 2.11. The molecule has 1 heterocycles. The Hall–Kier alpha value is -1.06. The summed E-state index contributed by atoms with van der Waals surface area (Å²) in [5.41, 5.74) is 8.27. The molecule has 4 heteroatoms. The molecule has 82 valence electrons. The fourth-order valence-corrected chi connectivity index (χ4v) is 1.57. The molecular weight excluding hydrogens is 210 g/mol. The number of benzene rings is 1. The van der Waals surface area contributed by atoms with Gasteiger partial charge in [0.25, 0.3) is 0 Å². The molecule has 3 nitrogen and oxygen atoms in total. The Kier molecular flexibility index (Phi) is 4.12. The second-order valence-corrected chi connectivity index (χ2v) is 3.66. The third kappa shape index (κ3) is 2.70. The maximum atomic E-state index is 5.90. The van der Waals surface area contributed by atoms with E-state index in [0.29, 0.717) is 0 Å². The Morgan fingerprint density at radius 3 is 3.00 bits per heavy atom. The molecule has 1 aromatic heterocycles. The van der Waals surface area contributed by atoms with Crippen molar-refractivity contribution in [2.24, 2.45) is 5.73 Å². The van der Waals surface area contributed by atoms with Crippen molar-refractivity contribution in [3.05, 3.63) is 30.0 Å². The topological polar surface area (TPSA) is 54.7 Å². The van der Waals surface area contributed by atoms with E-state index in [4.69, 9.17) is 5.73 Å². The number of nitrogens with one attached hydrogen (secondary N) is 1. The number of H-pyrrole nitrogens is 1. The third-order valence-corrected chi connectivity index (χ3v) is 2.53. The van der Waals surface area contributed by atoms with E-state index < -0.39 is 0 Å². The first-order valence-electron chi connectivity index (χ1n) is 4.97. The molecule has 0 aliphatic rings. The normalized spacial score (nSPS) is 12.4. The van der Waals surface area contributed by atoms with E-state index in [9.17, 15) is 0 Å². The lowest BCUT2D eigenvalue weighted by Gasteiger charge is -2.07. The van der Waals surface area contributed by atoms with Crippen molar-refractivity contribution in [3.63, 3.8) is 0 Å². The van der Waals surface area contributed by atoms with Crippen molar-refractivity contribution >= 4 is 23.3 Å². The van der Waals surface area contributed by atoms with Gasteiger partial charge in [-0.05, 0) is 30.5 Å². The molecule has 0 aliphatic heterocycles. The van der Waals surface area contributed by atoms with Crippen LogP contribution in [0, 0.1) is 0 Å². The van der Waals surface area contributed by atoms with E-state index in [2.05, 4.69) is 35.3 Å². The lowest BCUT2D eigenvalue weighted by Crippen LogP contribution is -2.21. The highest BCUT2D eigenvalue weighted by Crippen LogP contribution is 2.14. The predicted octanol–water partition coefficient (Wildman–Crippen LogP) is 2.26. The van der Waals surface area contributed by atoms with Crippen LogP contribution in [-0.2, 0) is 6.42 Å². The van der Waals surface area contributed by atoms with Gasteiger partial charge in [0, 0.05) is 11.4 Å². The summed E-state index contributed by atoms with van der Waals surface area (Å²) in [7, 11) is 0. The smallest absolute Gasteiger partial charge is 0.0650 e. The van der Waals surface area contributed by atoms with Crippen LogP contribution in [0.4, 0.5) is 0 Å². The van der Waals surface area contributed by atoms with E-state index in [0.717, 1.165) is 23.7 Å². The van der Waals surface area contributed by atoms with Crippen LogP contribution in [0.25, 0.3) is 10.9 Å². The molecule has 2 rings (SSSR count). The number of fused-ring (bicyclic) bond motifs is 1. The first kappa shape index (κ1) is 12.0. The van der Waals surface area contributed by atoms with Crippen LogP contribution in [0.5, 0.6) is 0 Å². The molecule has 1 atom stereocenters. The van der Waals surface area contributed by atoms with Crippen LogP contribution in [0.3, 0.4) is 0 Å². The zero-order valence-corrected chi connectivity index (χ0v) is 9.55. The van der Waals surface area contributed by atoms with Crippen LogP contribution >= 0.6 is 12.4 Å². The highest BCUT2D eigenvalue weighted by molar-refractivity contribution is 5.85. The largest absolute Gasteiger partial charge is 0.327 e. The number of hydrogen-bond acceptors (Lipinski definition) is 2. The van der Waals surface area contributed by atoms with Crippen molar-refractivity contribution < 1.29 is 0 Å². The molecule has 0 bridgehead atoms. The van der Waals surface area contributed by atoms with Crippen LogP contribution in [0.1, 0.15) is 18.9 Å². The van der Waals surface area contributed by atoms with Gasteiger partial charge in [-0.25, -0.2) is 0 Å². The molecule has 0 spiro atoms. The van der Waals surface area contributed by atoms with Crippen molar-refractivity contribution in [2.75, 3.05) is 0 Å². The van der Waals surface area contributed by atoms with Crippen LogP contribution in [-0.4, -0.2) is 16.2 Å². The molecule has 0 aliphatic carbocycles. The lowest BCUT2D eigenvalue weighted by atomic mass is 10.0. The van der Waals surface area contributed by atoms with E-state index in [1.165, 1.54) is 5.56 Å². The monoisotopic (exact) mass is 225 g/mol. The zero-order chi connectivity index (χ0) is 9.97. The zero-order valence-electron chi connectivity index (χ0n) is 8.73. The van der Waals surface area contributed by atoms with Gasteiger partial charge in [0.2, 0.25) is 0 Å². The summed E-state index contributed by atoms with van der Waals surface area (Å²) < 4.78 is 0. The standard InChI is InChI=1S/C11H15N3.ClH/c1-2-10(12)6-8-3-4-11-9(5-8)7-13-14-11;/h3-5,7,10H,2,6,12H2,1H3,(H,13,14);1H. The fraction of sp³-hybridized carbons (Fsp3) is 0.364. The van der Waals surface area contributed by atoms with E-state index in [1.54, 1.807) is 0 Å². The lowest BCUT2D eigenvalue weighted by molar-refractivity contribution is 0.647. The van der Waals surface area contributed by atoms with Gasteiger partial charge in [-0.3, -0.25) is 5.10 Å². The highest BCUT2D eigenvalue weighted by atomic mass is 35.5. The number of nitrogens with zero attached hydrogens (tertiary/aromatic N) is 1. The Morgan fingerprint density at radius 1 is 1.47 bits per heavy atom. The second kappa shape index (κ2) is 5.14. The molecule has 0 fully saturated rings. The van der Waals surface area contributed by atoms with Crippen LogP contribution < -0.4 is 5.73 Å². The highest BCUT2D eigenvalue weighted by Gasteiger charge is 2.02. The second-order valence-electron chi connectivity index (χ2n) is 3.66. The Labute approximate surface area is 95.5 Å². The molecule has 0 radical (unpaired) electrons. The average molecular weight is 226 g/mol. The minimum absolute atomic E-state index is 0. The van der Waals surface area contributed by atoms with Crippen molar-refractivity contribution in [3.8, 4) is 0 Å². The molecule has 0 amide bonds. The molecule has 0 saturated carbocycles. The minimum atomic E-state index is 0. The maximum absolute atomic E-state index is 5.90. The van der Waals surface area contributed by atoms with Gasteiger partial charge in [-0.1, -0.05) is 13.0 Å². The fourth-order valence-electron chi connectivity index (χ4n) is 1.57. The van der Waals surface area contributed by atoms with Crippen LogP contribution in [0.2, 0.25) is 0 Å². The number of aromatic nitrogens is 2. The van der Waals surface area contributed by atoms with Crippen LogP contribution in [0.15, 0.2) is 24.4 Å². The van der Waals surface area contributed by atoms with Gasteiger partial charge in [0.05, 0.1) is 11.7 Å². The van der Waals surface area contributed by atoms with Gasteiger partial charge in [0.15, 0.2) is 0 Å². The Balaban J connectivity index is 0.00000112. The van der Waals surface area contributed by atoms with Gasteiger partial charge in [-0.15, -0.1) is 12.4 Å². The number of hydrogen-bond donors (Lipinski definition) is 2. The third-order valence-electron chi connectivity index (χ3n) is 2.53. The number of halogens is 1. The quantitative estimate of drug-likeness (QED) is 0.842. The van der Waals surface area contributed by atoms with E-state index >= 15 is 0 Å². The molecule has 15 heavy (non-hydrogen) atoms. The van der Waals surface area contributed by atoms with E-state index in [-0.39, 0.29) is 18.4 Å². The van der Waals surface area contributed by atoms with Crippen molar-refractivity contribution in [2.45, 2.75) is 25.8 Å². The number of nitrogens with two attached hydrogens (primary N) is 1. The molecule has 1 unspecified atom stereocenters. The molecule has 3 N–H and O–H groups in total. The predicted molar refractivity (Wildman–Crippen MR) is 65.3 cm³/mol. The first-order chi connectivity index (χ1) is 6.79. The van der Waals surface area contributed by atoms with E-state index in [1.807, 2.05) is 6.20 Å². The summed E-state index contributed by atoms with van der Waals surface area (Å²) >= 11 is 0. The van der Waals surface area contributed by atoms with Gasteiger partial charge < -0.3 is 5.73 Å². The summed E-state index contributed by atoms with van der Waals surface area (Å²) in [5.74, 6) is 0. The molecular formula is C11H16ClN3. The molecule has 2 aromatic rings. The number of aromatic amines is 1. The summed E-state index contributed by atoms with van der Waals surface area (Å²) in [6, 6.07) is 6.57. The first-order valence-corrected chi connectivity index (χ1v) is 4.97. The summed E-state index contributed by atoms with van der Waals surface area (Å²) in [5, 5.41) is 8.08. The Morgan fingerprint density at radius 2 is 2.27 bits per heavy atom. The number of rotatable bonds is 3. The van der Waals surface area contributed by atoms with Gasteiger partial charge in [0.1, 0.15) is 0 Å². The minimum Gasteiger partial charge on any atom is -0.327 e. The molecule has 1 aromatic carbocycles.